The van der Waals surface area contributed by atoms with Crippen molar-refractivity contribution in [2.75, 3.05) is 21.1 Å². The monoisotopic (exact) mass is 245 g/mol. The molecule has 0 atom stereocenters. The van der Waals surface area contributed by atoms with Crippen LogP contribution in [0, 0.1) is 0 Å². The highest BCUT2D eigenvalue weighted by Gasteiger charge is 1.89. The van der Waals surface area contributed by atoms with Crippen LogP contribution in [0.1, 0.15) is 32.6 Å². The quantitative estimate of drug-likeness (QED) is 0.679. The van der Waals surface area contributed by atoms with E-state index in [1.54, 1.807) is 0 Å². The molecule has 0 aliphatic heterocycles. The van der Waals surface area contributed by atoms with Gasteiger partial charge in [-0.15, -0.1) is 0 Å². The Labute approximate surface area is 106 Å². The van der Waals surface area contributed by atoms with Gasteiger partial charge in [0.1, 0.15) is 0 Å². The molecule has 6 N–H and O–H groups in total. The minimum Gasteiger partial charge on any atom is -0.333 e. The van der Waals surface area contributed by atoms with E-state index in [2.05, 4.69) is 29.2 Å². The second kappa shape index (κ2) is 24.4. The first kappa shape index (κ1) is 21.4. The van der Waals surface area contributed by atoms with Crippen LogP contribution in [0.5, 0.6) is 0 Å². The standard InChI is InChI=1S/C9H16N2.3CH5N/c1-2-3-4-5-8-11-9-6-7-10-11;3*1-2/h6-7,9H,2-5,8H2,1H3;3*2H2,1H3. The molecule has 0 aliphatic rings. The summed E-state index contributed by atoms with van der Waals surface area (Å²) in [7, 11) is 4.50. The van der Waals surface area contributed by atoms with Gasteiger partial charge in [0.25, 0.3) is 0 Å². The number of aryl methyl sites for hydroxylation is 1. The molecule has 0 radical (unpaired) electrons. The first-order valence-corrected chi connectivity index (χ1v) is 6.14. The molecule has 1 heterocycles. The molecule has 5 heteroatoms. The molecule has 1 aromatic heterocycles. The summed E-state index contributed by atoms with van der Waals surface area (Å²) < 4.78 is 2.00. The van der Waals surface area contributed by atoms with E-state index in [0.29, 0.717) is 0 Å². The third kappa shape index (κ3) is 17.7. The zero-order valence-electron chi connectivity index (χ0n) is 11.9. The molecule has 0 aromatic carbocycles. The first-order valence-electron chi connectivity index (χ1n) is 6.14. The summed E-state index contributed by atoms with van der Waals surface area (Å²) in [6, 6.07) is 1.97. The molecule has 0 bridgehead atoms. The Kier molecular flexibility index (Phi) is 30.6. The molecule has 0 unspecified atom stereocenters. The number of unbranched alkanes of at least 4 members (excludes halogenated alkanes) is 3. The van der Waals surface area contributed by atoms with Gasteiger partial charge in [-0.1, -0.05) is 26.2 Å². The number of aromatic nitrogens is 2. The maximum absolute atomic E-state index is 4.50. The van der Waals surface area contributed by atoms with Crippen molar-refractivity contribution in [3.63, 3.8) is 0 Å². The molecule has 0 aliphatic carbocycles. The van der Waals surface area contributed by atoms with E-state index < -0.39 is 0 Å². The van der Waals surface area contributed by atoms with Crippen molar-refractivity contribution in [3.8, 4) is 0 Å². The molecule has 0 spiro atoms. The minimum atomic E-state index is 1.08. The van der Waals surface area contributed by atoms with Crippen LogP contribution < -0.4 is 17.2 Å². The van der Waals surface area contributed by atoms with Crippen LogP contribution in [0.15, 0.2) is 18.5 Å². The van der Waals surface area contributed by atoms with E-state index >= 15 is 0 Å². The average Bonchev–Trinajstić information content (AvgIpc) is 2.95. The van der Waals surface area contributed by atoms with Gasteiger partial charge >= 0.3 is 0 Å². The van der Waals surface area contributed by atoms with Gasteiger partial charge in [-0.05, 0) is 33.6 Å². The maximum Gasteiger partial charge on any atom is 0.0489 e. The lowest BCUT2D eigenvalue weighted by Gasteiger charge is -1.99. The van der Waals surface area contributed by atoms with Gasteiger partial charge in [0.05, 0.1) is 0 Å². The fraction of sp³-hybridized carbons (Fsp3) is 0.750. The van der Waals surface area contributed by atoms with Crippen LogP contribution in [0.25, 0.3) is 0 Å². The Balaban J connectivity index is -0.000000285. The molecular weight excluding hydrogens is 214 g/mol. The third-order valence-corrected chi connectivity index (χ3v) is 1.80. The molecule has 5 nitrogen and oxygen atoms in total. The summed E-state index contributed by atoms with van der Waals surface area (Å²) in [4.78, 5) is 0. The number of rotatable bonds is 5. The summed E-state index contributed by atoms with van der Waals surface area (Å²) in [5.41, 5.74) is 13.5. The van der Waals surface area contributed by atoms with Gasteiger partial charge in [0.2, 0.25) is 0 Å². The van der Waals surface area contributed by atoms with Gasteiger partial charge in [0.15, 0.2) is 0 Å². The van der Waals surface area contributed by atoms with Crippen molar-refractivity contribution >= 4 is 0 Å². The van der Waals surface area contributed by atoms with E-state index in [1.807, 2.05) is 23.1 Å². The summed E-state index contributed by atoms with van der Waals surface area (Å²) in [6.07, 6.45) is 9.10. The highest BCUT2D eigenvalue weighted by Crippen LogP contribution is 2.00. The summed E-state index contributed by atoms with van der Waals surface area (Å²) in [6.45, 7) is 3.31. The molecule has 1 rings (SSSR count). The first-order chi connectivity index (χ1) is 8.43. The number of hydrogen-bond donors (Lipinski definition) is 3. The molecule has 0 saturated carbocycles. The van der Waals surface area contributed by atoms with E-state index in [1.165, 1.54) is 46.8 Å². The second-order valence-electron chi connectivity index (χ2n) is 2.83. The van der Waals surface area contributed by atoms with Crippen LogP contribution in [0.4, 0.5) is 0 Å². The van der Waals surface area contributed by atoms with Gasteiger partial charge < -0.3 is 17.2 Å². The smallest absolute Gasteiger partial charge is 0.0489 e. The van der Waals surface area contributed by atoms with Crippen molar-refractivity contribution in [2.24, 2.45) is 17.2 Å². The predicted molar refractivity (Wildman–Crippen MR) is 76.7 cm³/mol. The Bertz CT molecular complexity index is 175. The molecular formula is C12H31N5. The highest BCUT2D eigenvalue weighted by molar-refractivity contribution is 4.77. The molecule has 104 valence electrons. The maximum atomic E-state index is 4.50. The van der Waals surface area contributed by atoms with E-state index in [-0.39, 0.29) is 0 Å². The fourth-order valence-corrected chi connectivity index (χ4v) is 1.13. The molecule has 1 aromatic rings. The third-order valence-electron chi connectivity index (χ3n) is 1.80. The fourth-order valence-electron chi connectivity index (χ4n) is 1.13. The molecule has 0 fully saturated rings. The zero-order chi connectivity index (χ0) is 13.9. The lowest BCUT2D eigenvalue weighted by Crippen LogP contribution is -1.97. The van der Waals surface area contributed by atoms with Gasteiger partial charge in [-0.2, -0.15) is 5.10 Å². The van der Waals surface area contributed by atoms with Crippen molar-refractivity contribution in [2.45, 2.75) is 39.2 Å². The Morgan fingerprint density at radius 2 is 1.53 bits per heavy atom. The predicted octanol–water partition coefficient (Wildman–Crippen LogP) is 1.19. The Hall–Kier alpha value is -0.910. The summed E-state index contributed by atoms with van der Waals surface area (Å²) in [5.74, 6) is 0. The van der Waals surface area contributed by atoms with Crippen molar-refractivity contribution in [3.05, 3.63) is 18.5 Å². The van der Waals surface area contributed by atoms with Crippen LogP contribution in [-0.4, -0.2) is 30.9 Å². The average molecular weight is 245 g/mol. The number of nitrogens with zero attached hydrogens (tertiary/aromatic N) is 2. The van der Waals surface area contributed by atoms with E-state index in [4.69, 9.17) is 0 Å². The number of nitrogens with two attached hydrogens (primary N) is 3. The summed E-state index contributed by atoms with van der Waals surface area (Å²) >= 11 is 0. The largest absolute Gasteiger partial charge is 0.333 e. The van der Waals surface area contributed by atoms with Crippen molar-refractivity contribution < 1.29 is 0 Å². The van der Waals surface area contributed by atoms with Crippen LogP contribution in [0.2, 0.25) is 0 Å². The molecule has 0 saturated heterocycles. The Morgan fingerprint density at radius 1 is 0.941 bits per heavy atom. The zero-order valence-corrected chi connectivity index (χ0v) is 11.9. The Morgan fingerprint density at radius 3 is 1.94 bits per heavy atom. The van der Waals surface area contributed by atoms with Gasteiger partial charge in [-0.25, -0.2) is 0 Å². The van der Waals surface area contributed by atoms with Crippen molar-refractivity contribution in [1.82, 2.24) is 9.78 Å². The number of hydrogen-bond acceptors (Lipinski definition) is 4. The van der Waals surface area contributed by atoms with Gasteiger partial charge in [-0.3, -0.25) is 4.68 Å². The van der Waals surface area contributed by atoms with E-state index in [0.717, 1.165) is 6.54 Å². The second-order valence-corrected chi connectivity index (χ2v) is 2.83. The SMILES string of the molecule is CCCCCCn1cccn1.CN.CN.CN. The lowest BCUT2D eigenvalue weighted by molar-refractivity contribution is 0.541. The van der Waals surface area contributed by atoms with Crippen LogP contribution >= 0.6 is 0 Å². The van der Waals surface area contributed by atoms with Crippen LogP contribution in [-0.2, 0) is 6.54 Å². The molecule has 0 amide bonds. The van der Waals surface area contributed by atoms with E-state index in [9.17, 15) is 0 Å². The molecule has 17 heavy (non-hydrogen) atoms. The van der Waals surface area contributed by atoms with Crippen molar-refractivity contribution in [1.29, 1.82) is 0 Å². The minimum absolute atomic E-state index is 1.08. The van der Waals surface area contributed by atoms with Crippen LogP contribution in [0.3, 0.4) is 0 Å². The lowest BCUT2D eigenvalue weighted by atomic mass is 10.2. The summed E-state index contributed by atoms with van der Waals surface area (Å²) in [5, 5.41) is 4.13. The topological polar surface area (TPSA) is 95.9 Å². The normalized spacial score (nSPS) is 7.71. The highest BCUT2D eigenvalue weighted by atomic mass is 15.3. The van der Waals surface area contributed by atoms with Gasteiger partial charge in [0, 0.05) is 18.9 Å².